The molecule has 0 aromatic carbocycles. The third kappa shape index (κ3) is 4.96. The Labute approximate surface area is 109 Å². The summed E-state index contributed by atoms with van der Waals surface area (Å²) < 4.78 is 1.82. The Bertz CT molecular complexity index is 362. The van der Waals surface area contributed by atoms with E-state index in [0.29, 0.717) is 25.3 Å². The molecule has 5 heteroatoms. The van der Waals surface area contributed by atoms with Crippen LogP contribution >= 0.6 is 0 Å². The van der Waals surface area contributed by atoms with Gasteiger partial charge in [0.2, 0.25) is 0 Å². The maximum absolute atomic E-state index is 11.9. The second-order valence-electron chi connectivity index (χ2n) is 4.84. The van der Waals surface area contributed by atoms with E-state index in [1.807, 2.05) is 4.68 Å². The van der Waals surface area contributed by atoms with Crippen LogP contribution in [0.2, 0.25) is 0 Å². The number of nitrogens with two attached hydrogens (primary N) is 1. The SMILES string of the molecule is CCCn1ncnc1CC(=O)CCC(C)CCN. The van der Waals surface area contributed by atoms with Crippen LogP contribution in [0.4, 0.5) is 0 Å². The van der Waals surface area contributed by atoms with Gasteiger partial charge in [0.1, 0.15) is 17.9 Å². The van der Waals surface area contributed by atoms with Gasteiger partial charge in [-0.2, -0.15) is 5.10 Å². The molecule has 0 saturated heterocycles. The lowest BCUT2D eigenvalue weighted by Gasteiger charge is -2.09. The molecular formula is C13H24N4O. The molecular weight excluding hydrogens is 228 g/mol. The molecule has 1 rings (SSSR count). The summed E-state index contributed by atoms with van der Waals surface area (Å²) in [6, 6.07) is 0. The number of ketones is 1. The van der Waals surface area contributed by atoms with Gasteiger partial charge in [-0.1, -0.05) is 13.8 Å². The number of carbonyl (C=O) groups is 1. The van der Waals surface area contributed by atoms with Crippen LogP contribution in [0.5, 0.6) is 0 Å². The molecule has 1 aromatic rings. The summed E-state index contributed by atoms with van der Waals surface area (Å²) in [6.07, 6.45) is 5.43. The maximum atomic E-state index is 11.9. The van der Waals surface area contributed by atoms with Crippen molar-refractivity contribution in [2.75, 3.05) is 6.54 Å². The first-order chi connectivity index (χ1) is 8.67. The van der Waals surface area contributed by atoms with Gasteiger partial charge in [-0.15, -0.1) is 0 Å². The fourth-order valence-electron chi connectivity index (χ4n) is 1.92. The highest BCUT2D eigenvalue weighted by molar-refractivity contribution is 5.80. The van der Waals surface area contributed by atoms with Gasteiger partial charge in [-0.25, -0.2) is 9.67 Å². The smallest absolute Gasteiger partial charge is 0.140 e. The molecule has 18 heavy (non-hydrogen) atoms. The van der Waals surface area contributed by atoms with Crippen molar-refractivity contribution in [2.24, 2.45) is 11.7 Å². The number of aryl methyl sites for hydroxylation is 1. The van der Waals surface area contributed by atoms with Crippen LogP contribution in [-0.4, -0.2) is 27.1 Å². The number of aromatic nitrogens is 3. The van der Waals surface area contributed by atoms with Gasteiger partial charge < -0.3 is 5.73 Å². The zero-order chi connectivity index (χ0) is 13.4. The molecule has 0 amide bonds. The van der Waals surface area contributed by atoms with Crippen molar-refractivity contribution in [3.05, 3.63) is 12.2 Å². The lowest BCUT2D eigenvalue weighted by molar-refractivity contribution is -0.118. The highest BCUT2D eigenvalue weighted by Crippen LogP contribution is 2.10. The predicted molar refractivity (Wildman–Crippen MR) is 71.1 cm³/mol. The number of hydrogen-bond donors (Lipinski definition) is 1. The van der Waals surface area contributed by atoms with E-state index in [9.17, 15) is 4.79 Å². The van der Waals surface area contributed by atoms with Crippen molar-refractivity contribution in [2.45, 2.75) is 52.5 Å². The van der Waals surface area contributed by atoms with Crippen molar-refractivity contribution in [3.8, 4) is 0 Å². The fourth-order valence-corrected chi connectivity index (χ4v) is 1.92. The first kappa shape index (κ1) is 14.8. The van der Waals surface area contributed by atoms with Gasteiger partial charge in [-0.3, -0.25) is 4.79 Å². The van der Waals surface area contributed by atoms with Gasteiger partial charge in [0.05, 0.1) is 6.42 Å². The molecule has 0 fully saturated rings. The minimum Gasteiger partial charge on any atom is -0.330 e. The van der Waals surface area contributed by atoms with E-state index in [1.165, 1.54) is 6.33 Å². The van der Waals surface area contributed by atoms with E-state index in [0.717, 1.165) is 31.6 Å². The Morgan fingerprint density at radius 2 is 2.28 bits per heavy atom. The van der Waals surface area contributed by atoms with Crippen molar-refractivity contribution in [1.29, 1.82) is 0 Å². The molecule has 5 nitrogen and oxygen atoms in total. The summed E-state index contributed by atoms with van der Waals surface area (Å²) in [5.74, 6) is 1.55. The zero-order valence-corrected chi connectivity index (χ0v) is 11.4. The largest absolute Gasteiger partial charge is 0.330 e. The molecule has 0 saturated carbocycles. The standard InChI is InChI=1S/C13H24N4O/c1-3-8-17-13(15-10-16-17)9-12(18)5-4-11(2)6-7-14/h10-11H,3-9,14H2,1-2H3. The lowest BCUT2D eigenvalue weighted by atomic mass is 9.99. The van der Waals surface area contributed by atoms with Crippen LogP contribution < -0.4 is 5.73 Å². The van der Waals surface area contributed by atoms with Crippen molar-refractivity contribution < 1.29 is 4.79 Å². The van der Waals surface area contributed by atoms with E-state index in [1.54, 1.807) is 0 Å². The second kappa shape index (κ2) is 7.97. The van der Waals surface area contributed by atoms with Gasteiger partial charge >= 0.3 is 0 Å². The highest BCUT2D eigenvalue weighted by Gasteiger charge is 2.11. The van der Waals surface area contributed by atoms with Crippen molar-refractivity contribution in [1.82, 2.24) is 14.8 Å². The van der Waals surface area contributed by atoms with Gasteiger partial charge in [0, 0.05) is 13.0 Å². The first-order valence-corrected chi connectivity index (χ1v) is 6.75. The van der Waals surface area contributed by atoms with Crippen LogP contribution in [0.15, 0.2) is 6.33 Å². The van der Waals surface area contributed by atoms with E-state index in [4.69, 9.17) is 5.73 Å². The molecule has 0 aliphatic heterocycles. The maximum Gasteiger partial charge on any atom is 0.140 e. The van der Waals surface area contributed by atoms with Gasteiger partial charge in [-0.05, 0) is 31.7 Å². The Morgan fingerprint density at radius 1 is 1.50 bits per heavy atom. The Kier molecular flexibility index (Phi) is 6.57. The van der Waals surface area contributed by atoms with Crippen molar-refractivity contribution in [3.63, 3.8) is 0 Å². The van der Waals surface area contributed by atoms with E-state index in [2.05, 4.69) is 23.9 Å². The summed E-state index contributed by atoms with van der Waals surface area (Å²) in [7, 11) is 0. The van der Waals surface area contributed by atoms with E-state index < -0.39 is 0 Å². The summed E-state index contributed by atoms with van der Waals surface area (Å²) in [5, 5.41) is 4.12. The Morgan fingerprint density at radius 3 is 2.94 bits per heavy atom. The molecule has 0 bridgehead atoms. The molecule has 2 N–H and O–H groups in total. The monoisotopic (exact) mass is 252 g/mol. The molecule has 0 aliphatic carbocycles. The number of rotatable bonds is 9. The average molecular weight is 252 g/mol. The Hall–Kier alpha value is -1.23. The number of carbonyl (C=O) groups excluding carboxylic acids is 1. The van der Waals surface area contributed by atoms with E-state index in [-0.39, 0.29) is 5.78 Å². The van der Waals surface area contributed by atoms with Crippen LogP contribution in [-0.2, 0) is 17.8 Å². The molecule has 1 aromatic heterocycles. The third-order valence-corrected chi connectivity index (χ3v) is 3.06. The summed E-state index contributed by atoms with van der Waals surface area (Å²) in [4.78, 5) is 16.0. The summed E-state index contributed by atoms with van der Waals surface area (Å²) in [6.45, 7) is 5.74. The molecule has 0 spiro atoms. The summed E-state index contributed by atoms with van der Waals surface area (Å²) in [5.41, 5.74) is 5.49. The average Bonchev–Trinajstić information content (AvgIpc) is 2.75. The minimum absolute atomic E-state index is 0.240. The number of Topliss-reactive ketones (excluding diaryl/α,β-unsaturated/α-hetero) is 1. The second-order valence-corrected chi connectivity index (χ2v) is 4.84. The van der Waals surface area contributed by atoms with E-state index >= 15 is 0 Å². The normalized spacial score (nSPS) is 12.6. The number of nitrogens with zero attached hydrogens (tertiary/aromatic N) is 3. The fraction of sp³-hybridized carbons (Fsp3) is 0.769. The molecule has 102 valence electrons. The first-order valence-electron chi connectivity index (χ1n) is 6.75. The summed E-state index contributed by atoms with van der Waals surface area (Å²) >= 11 is 0. The third-order valence-electron chi connectivity index (χ3n) is 3.06. The highest BCUT2D eigenvalue weighted by atomic mass is 16.1. The molecule has 1 atom stereocenters. The molecule has 0 radical (unpaired) electrons. The Balaban J connectivity index is 2.37. The topological polar surface area (TPSA) is 73.8 Å². The molecule has 0 aliphatic rings. The lowest BCUT2D eigenvalue weighted by Crippen LogP contribution is -2.13. The van der Waals surface area contributed by atoms with Crippen molar-refractivity contribution >= 4 is 5.78 Å². The predicted octanol–water partition coefficient (Wildman–Crippen LogP) is 1.56. The molecule has 1 unspecified atom stereocenters. The van der Waals surface area contributed by atoms with Crippen LogP contribution in [0.3, 0.4) is 0 Å². The quantitative estimate of drug-likeness (QED) is 0.724. The zero-order valence-electron chi connectivity index (χ0n) is 11.4. The van der Waals surface area contributed by atoms with Crippen LogP contribution in [0.1, 0.15) is 45.4 Å². The van der Waals surface area contributed by atoms with Crippen LogP contribution in [0.25, 0.3) is 0 Å². The van der Waals surface area contributed by atoms with Gasteiger partial charge in [0.15, 0.2) is 0 Å². The van der Waals surface area contributed by atoms with Gasteiger partial charge in [0.25, 0.3) is 0 Å². The molecule has 1 heterocycles. The van der Waals surface area contributed by atoms with Crippen LogP contribution in [0, 0.1) is 5.92 Å². The number of hydrogen-bond acceptors (Lipinski definition) is 4. The minimum atomic E-state index is 0.240.